The molecule has 1 heterocycles. The van der Waals surface area contributed by atoms with Crippen LogP contribution in [-0.2, 0) is 13.0 Å². The van der Waals surface area contributed by atoms with Gasteiger partial charge in [0.2, 0.25) is 5.88 Å². The van der Waals surface area contributed by atoms with E-state index in [0.717, 1.165) is 11.1 Å². The summed E-state index contributed by atoms with van der Waals surface area (Å²) in [5.74, 6) is 1.88. The minimum atomic E-state index is -0.226. The van der Waals surface area contributed by atoms with Gasteiger partial charge in [0, 0.05) is 25.4 Å². The summed E-state index contributed by atoms with van der Waals surface area (Å²) in [6.07, 6.45) is 2.33. The van der Waals surface area contributed by atoms with Crippen molar-refractivity contribution in [2.45, 2.75) is 13.0 Å². The molecule has 0 spiro atoms. The molecule has 0 aliphatic heterocycles. The largest absolute Gasteiger partial charge is 0.493 e. The minimum absolute atomic E-state index is 0.226. The summed E-state index contributed by atoms with van der Waals surface area (Å²) in [7, 11) is 4.75. The zero-order chi connectivity index (χ0) is 18.1. The molecule has 0 fully saturated rings. The lowest BCUT2D eigenvalue weighted by Gasteiger charge is -2.11. The summed E-state index contributed by atoms with van der Waals surface area (Å²) in [6, 6.07) is 9.09. The molecule has 7 nitrogen and oxygen atoms in total. The van der Waals surface area contributed by atoms with Crippen molar-refractivity contribution in [3.05, 3.63) is 47.7 Å². The fourth-order valence-electron chi connectivity index (χ4n) is 2.27. The Labute approximate surface area is 147 Å². The maximum atomic E-state index is 11.9. The maximum absolute atomic E-state index is 11.9. The van der Waals surface area contributed by atoms with Crippen molar-refractivity contribution in [2.75, 3.05) is 27.9 Å². The number of nitrogens with zero attached hydrogens (tertiary/aromatic N) is 1. The van der Waals surface area contributed by atoms with E-state index in [-0.39, 0.29) is 6.03 Å². The van der Waals surface area contributed by atoms with E-state index in [1.165, 1.54) is 0 Å². The Bertz CT molecular complexity index is 706. The molecule has 1 aromatic carbocycles. The van der Waals surface area contributed by atoms with Gasteiger partial charge in [-0.2, -0.15) is 0 Å². The average Bonchev–Trinajstić information content (AvgIpc) is 2.66. The summed E-state index contributed by atoms with van der Waals surface area (Å²) >= 11 is 0. The highest BCUT2D eigenvalue weighted by molar-refractivity contribution is 5.73. The molecule has 0 aliphatic carbocycles. The molecule has 0 unspecified atom stereocenters. The van der Waals surface area contributed by atoms with Gasteiger partial charge in [0.05, 0.1) is 21.3 Å². The third-order valence-corrected chi connectivity index (χ3v) is 3.61. The molecule has 0 aliphatic rings. The Kier molecular flexibility index (Phi) is 6.88. The van der Waals surface area contributed by atoms with E-state index >= 15 is 0 Å². The van der Waals surface area contributed by atoms with Gasteiger partial charge >= 0.3 is 6.03 Å². The molecule has 2 aromatic rings. The van der Waals surface area contributed by atoms with Gasteiger partial charge in [0.15, 0.2) is 11.5 Å². The molecule has 0 atom stereocenters. The van der Waals surface area contributed by atoms with Crippen molar-refractivity contribution in [3.8, 4) is 17.4 Å². The van der Waals surface area contributed by atoms with E-state index < -0.39 is 0 Å². The Morgan fingerprint density at radius 1 is 0.960 bits per heavy atom. The smallest absolute Gasteiger partial charge is 0.315 e. The zero-order valence-electron chi connectivity index (χ0n) is 14.7. The molecular formula is C18H23N3O4. The second kappa shape index (κ2) is 9.36. The van der Waals surface area contributed by atoms with Gasteiger partial charge in [-0.05, 0) is 35.7 Å². The van der Waals surface area contributed by atoms with Gasteiger partial charge in [0.25, 0.3) is 0 Å². The molecule has 25 heavy (non-hydrogen) atoms. The van der Waals surface area contributed by atoms with E-state index in [9.17, 15) is 4.79 Å². The van der Waals surface area contributed by atoms with Crippen molar-refractivity contribution >= 4 is 6.03 Å². The second-order valence-corrected chi connectivity index (χ2v) is 5.26. The van der Waals surface area contributed by atoms with Crippen LogP contribution in [0.15, 0.2) is 36.5 Å². The quantitative estimate of drug-likeness (QED) is 0.766. The van der Waals surface area contributed by atoms with Crippen LogP contribution in [0.5, 0.6) is 17.4 Å². The van der Waals surface area contributed by atoms with Crippen LogP contribution in [0.3, 0.4) is 0 Å². The summed E-state index contributed by atoms with van der Waals surface area (Å²) < 4.78 is 15.5. The van der Waals surface area contributed by atoms with Crippen LogP contribution in [0, 0.1) is 0 Å². The topological polar surface area (TPSA) is 81.7 Å². The number of aromatic nitrogens is 1. The number of hydrogen-bond donors (Lipinski definition) is 2. The Hall–Kier alpha value is -2.96. The third-order valence-electron chi connectivity index (χ3n) is 3.61. The normalized spacial score (nSPS) is 10.0. The van der Waals surface area contributed by atoms with Crippen LogP contribution >= 0.6 is 0 Å². The van der Waals surface area contributed by atoms with Crippen molar-refractivity contribution in [1.29, 1.82) is 0 Å². The fraction of sp³-hybridized carbons (Fsp3) is 0.333. The van der Waals surface area contributed by atoms with E-state index in [1.807, 2.05) is 24.3 Å². The summed E-state index contributed by atoms with van der Waals surface area (Å²) in [5, 5.41) is 5.63. The predicted octanol–water partition coefficient (Wildman–Crippen LogP) is 2.15. The van der Waals surface area contributed by atoms with Crippen LogP contribution in [-0.4, -0.2) is 38.9 Å². The summed E-state index contributed by atoms with van der Waals surface area (Å²) in [4.78, 5) is 15.9. The number of hydrogen-bond acceptors (Lipinski definition) is 5. The zero-order valence-corrected chi connectivity index (χ0v) is 14.7. The molecule has 134 valence electrons. The highest BCUT2D eigenvalue weighted by Crippen LogP contribution is 2.27. The van der Waals surface area contributed by atoms with E-state index in [1.54, 1.807) is 33.6 Å². The van der Waals surface area contributed by atoms with Crippen molar-refractivity contribution < 1.29 is 19.0 Å². The van der Waals surface area contributed by atoms with Crippen molar-refractivity contribution in [2.24, 2.45) is 0 Å². The lowest BCUT2D eigenvalue weighted by atomic mass is 10.1. The summed E-state index contributed by atoms with van der Waals surface area (Å²) in [6.45, 7) is 0.919. The number of pyridine rings is 1. The Morgan fingerprint density at radius 2 is 1.76 bits per heavy atom. The molecule has 2 amide bonds. The number of ether oxygens (including phenoxy) is 3. The molecule has 0 saturated carbocycles. The van der Waals surface area contributed by atoms with Crippen LogP contribution in [0.25, 0.3) is 0 Å². The number of rotatable bonds is 8. The van der Waals surface area contributed by atoms with E-state index in [0.29, 0.717) is 36.9 Å². The first-order chi connectivity index (χ1) is 12.2. The number of urea groups is 1. The molecule has 7 heteroatoms. The van der Waals surface area contributed by atoms with Crippen LogP contribution < -0.4 is 24.8 Å². The fourth-order valence-corrected chi connectivity index (χ4v) is 2.27. The standard InChI is InChI=1S/C18H23N3O4/c1-23-15-5-4-13(10-16(15)24-2)6-9-20-18(22)21-12-14-7-8-19-17(11-14)25-3/h4-5,7-8,10-11H,6,9,12H2,1-3H3,(H2,20,21,22). The molecular weight excluding hydrogens is 322 g/mol. The van der Waals surface area contributed by atoms with Crippen molar-refractivity contribution in [1.82, 2.24) is 15.6 Å². The highest BCUT2D eigenvalue weighted by atomic mass is 16.5. The molecule has 0 saturated heterocycles. The molecule has 2 N–H and O–H groups in total. The Morgan fingerprint density at radius 3 is 2.48 bits per heavy atom. The number of carbonyl (C=O) groups excluding carboxylic acids is 1. The van der Waals surface area contributed by atoms with Gasteiger partial charge in [-0.25, -0.2) is 9.78 Å². The van der Waals surface area contributed by atoms with Crippen molar-refractivity contribution in [3.63, 3.8) is 0 Å². The van der Waals surface area contributed by atoms with E-state index in [2.05, 4.69) is 15.6 Å². The number of benzene rings is 1. The van der Waals surface area contributed by atoms with Gasteiger partial charge in [-0.3, -0.25) is 0 Å². The molecule has 2 rings (SSSR count). The van der Waals surface area contributed by atoms with Crippen LogP contribution in [0.1, 0.15) is 11.1 Å². The first-order valence-electron chi connectivity index (χ1n) is 7.87. The number of carbonyl (C=O) groups is 1. The maximum Gasteiger partial charge on any atom is 0.315 e. The van der Waals surface area contributed by atoms with Gasteiger partial charge in [0.1, 0.15) is 0 Å². The van der Waals surface area contributed by atoms with E-state index in [4.69, 9.17) is 14.2 Å². The lowest BCUT2D eigenvalue weighted by molar-refractivity contribution is 0.240. The lowest BCUT2D eigenvalue weighted by Crippen LogP contribution is -2.36. The third kappa shape index (κ3) is 5.56. The van der Waals surface area contributed by atoms with Gasteiger partial charge in [-0.1, -0.05) is 6.07 Å². The van der Waals surface area contributed by atoms with Gasteiger partial charge < -0.3 is 24.8 Å². The molecule has 0 bridgehead atoms. The highest BCUT2D eigenvalue weighted by Gasteiger charge is 2.06. The first-order valence-corrected chi connectivity index (χ1v) is 7.87. The number of amides is 2. The number of nitrogens with one attached hydrogen (secondary N) is 2. The van der Waals surface area contributed by atoms with Crippen LogP contribution in [0.2, 0.25) is 0 Å². The number of methoxy groups -OCH3 is 3. The predicted molar refractivity (Wildman–Crippen MR) is 94.3 cm³/mol. The molecule has 1 aromatic heterocycles. The molecule has 0 radical (unpaired) electrons. The van der Waals surface area contributed by atoms with Gasteiger partial charge in [-0.15, -0.1) is 0 Å². The van der Waals surface area contributed by atoms with Crippen LogP contribution in [0.4, 0.5) is 4.79 Å². The monoisotopic (exact) mass is 345 g/mol. The SMILES string of the molecule is COc1cc(CNC(=O)NCCc2ccc(OC)c(OC)c2)ccn1. The first kappa shape index (κ1) is 18.4. The second-order valence-electron chi connectivity index (χ2n) is 5.26. The minimum Gasteiger partial charge on any atom is -0.493 e. The average molecular weight is 345 g/mol. The summed E-state index contributed by atoms with van der Waals surface area (Å²) in [5.41, 5.74) is 1.97. The Balaban J connectivity index is 1.76.